The second-order valence-corrected chi connectivity index (χ2v) is 3.53. The molecule has 0 aromatic carbocycles. The molecular formula is C10H14N2O. The number of hydrogen-bond acceptors (Lipinski definition) is 3. The standard InChI is InChI=1S/C10H14N2O/c13-7-8-4-10(12-5-8)9-2-1-3-11-6-9/h1-3,6,8,10,12-13H,4-5,7H2. The van der Waals surface area contributed by atoms with Crippen molar-refractivity contribution in [3.05, 3.63) is 30.1 Å². The third-order valence-corrected chi connectivity index (χ3v) is 2.57. The quantitative estimate of drug-likeness (QED) is 0.701. The van der Waals surface area contributed by atoms with Gasteiger partial charge in [0.2, 0.25) is 0 Å². The van der Waals surface area contributed by atoms with Crippen molar-refractivity contribution in [2.45, 2.75) is 12.5 Å². The molecule has 2 N–H and O–H groups in total. The summed E-state index contributed by atoms with van der Waals surface area (Å²) in [5.74, 6) is 0.408. The van der Waals surface area contributed by atoms with Crippen molar-refractivity contribution in [1.82, 2.24) is 10.3 Å². The lowest BCUT2D eigenvalue weighted by atomic mass is 10.0. The summed E-state index contributed by atoms with van der Waals surface area (Å²) >= 11 is 0. The maximum absolute atomic E-state index is 8.98. The van der Waals surface area contributed by atoms with Crippen molar-refractivity contribution < 1.29 is 5.11 Å². The van der Waals surface area contributed by atoms with Crippen molar-refractivity contribution in [3.8, 4) is 0 Å². The Morgan fingerprint density at radius 3 is 3.15 bits per heavy atom. The maximum atomic E-state index is 8.98. The molecule has 1 aromatic rings. The highest BCUT2D eigenvalue weighted by molar-refractivity contribution is 5.15. The molecule has 2 heterocycles. The Morgan fingerprint density at radius 1 is 1.62 bits per heavy atom. The van der Waals surface area contributed by atoms with E-state index in [1.54, 1.807) is 6.20 Å². The van der Waals surface area contributed by atoms with Crippen molar-refractivity contribution in [1.29, 1.82) is 0 Å². The van der Waals surface area contributed by atoms with Crippen LogP contribution in [0.2, 0.25) is 0 Å². The van der Waals surface area contributed by atoms with Crippen LogP contribution in [0.5, 0.6) is 0 Å². The number of nitrogens with zero attached hydrogens (tertiary/aromatic N) is 1. The van der Waals surface area contributed by atoms with Crippen LogP contribution in [0.3, 0.4) is 0 Å². The molecule has 0 aliphatic carbocycles. The molecule has 2 atom stereocenters. The van der Waals surface area contributed by atoms with Crippen LogP contribution in [0.1, 0.15) is 18.0 Å². The third-order valence-electron chi connectivity index (χ3n) is 2.57. The van der Waals surface area contributed by atoms with Gasteiger partial charge in [0.1, 0.15) is 0 Å². The summed E-state index contributed by atoms with van der Waals surface area (Å²) in [5, 5.41) is 12.3. The lowest BCUT2D eigenvalue weighted by Crippen LogP contribution is -2.14. The van der Waals surface area contributed by atoms with Gasteiger partial charge < -0.3 is 10.4 Å². The number of aromatic nitrogens is 1. The molecule has 3 heteroatoms. The van der Waals surface area contributed by atoms with Crippen LogP contribution < -0.4 is 5.32 Å². The van der Waals surface area contributed by atoms with E-state index in [4.69, 9.17) is 5.11 Å². The molecule has 13 heavy (non-hydrogen) atoms. The zero-order chi connectivity index (χ0) is 9.10. The molecule has 3 nitrogen and oxygen atoms in total. The molecule has 2 unspecified atom stereocenters. The van der Waals surface area contributed by atoms with Gasteiger partial charge >= 0.3 is 0 Å². The molecular weight excluding hydrogens is 164 g/mol. The Morgan fingerprint density at radius 2 is 2.54 bits per heavy atom. The first-order chi connectivity index (χ1) is 6.40. The van der Waals surface area contributed by atoms with Crippen LogP contribution in [0.15, 0.2) is 24.5 Å². The first kappa shape index (κ1) is 8.66. The Balaban J connectivity index is 2.04. The molecule has 1 aliphatic rings. The molecule has 2 rings (SSSR count). The highest BCUT2D eigenvalue weighted by atomic mass is 16.3. The van der Waals surface area contributed by atoms with Crippen LogP contribution >= 0.6 is 0 Å². The number of rotatable bonds is 2. The van der Waals surface area contributed by atoms with E-state index in [0.29, 0.717) is 12.0 Å². The van der Waals surface area contributed by atoms with Crippen molar-refractivity contribution in [2.24, 2.45) is 5.92 Å². The first-order valence-electron chi connectivity index (χ1n) is 4.64. The van der Waals surface area contributed by atoms with Gasteiger partial charge in [0.15, 0.2) is 0 Å². The zero-order valence-electron chi connectivity index (χ0n) is 7.48. The summed E-state index contributed by atoms with van der Waals surface area (Å²) in [4.78, 5) is 4.08. The van der Waals surface area contributed by atoms with E-state index < -0.39 is 0 Å². The first-order valence-corrected chi connectivity index (χ1v) is 4.64. The van der Waals surface area contributed by atoms with Crippen molar-refractivity contribution in [3.63, 3.8) is 0 Å². The number of pyridine rings is 1. The largest absolute Gasteiger partial charge is 0.396 e. The predicted octanol–water partition coefficient (Wildman–Crippen LogP) is 0.725. The molecule has 0 bridgehead atoms. The second kappa shape index (κ2) is 3.85. The number of nitrogens with one attached hydrogen (secondary N) is 1. The normalized spacial score (nSPS) is 27.8. The van der Waals surface area contributed by atoms with Crippen LogP contribution in [0.4, 0.5) is 0 Å². The highest BCUT2D eigenvalue weighted by Crippen LogP contribution is 2.25. The van der Waals surface area contributed by atoms with Gasteiger partial charge in [-0.2, -0.15) is 0 Å². The summed E-state index contributed by atoms with van der Waals surface area (Å²) in [7, 11) is 0. The monoisotopic (exact) mass is 178 g/mol. The second-order valence-electron chi connectivity index (χ2n) is 3.53. The lowest BCUT2D eigenvalue weighted by molar-refractivity contribution is 0.236. The molecule has 1 aliphatic heterocycles. The topological polar surface area (TPSA) is 45.1 Å². The maximum Gasteiger partial charge on any atom is 0.0472 e. The Labute approximate surface area is 77.8 Å². The number of aliphatic hydroxyl groups excluding tert-OH is 1. The van der Waals surface area contributed by atoms with Gasteiger partial charge in [-0.3, -0.25) is 4.98 Å². The van der Waals surface area contributed by atoms with Crippen LogP contribution in [-0.2, 0) is 0 Å². The minimum Gasteiger partial charge on any atom is -0.396 e. The fourth-order valence-electron chi connectivity index (χ4n) is 1.78. The minimum atomic E-state index is 0.282. The fourth-order valence-corrected chi connectivity index (χ4v) is 1.78. The zero-order valence-corrected chi connectivity index (χ0v) is 7.48. The van der Waals surface area contributed by atoms with E-state index in [1.807, 2.05) is 12.3 Å². The number of hydrogen-bond donors (Lipinski definition) is 2. The van der Waals surface area contributed by atoms with E-state index in [-0.39, 0.29) is 6.61 Å². The van der Waals surface area contributed by atoms with E-state index in [2.05, 4.69) is 16.4 Å². The fraction of sp³-hybridized carbons (Fsp3) is 0.500. The highest BCUT2D eigenvalue weighted by Gasteiger charge is 2.24. The Bertz CT molecular complexity index is 263. The predicted molar refractivity (Wildman–Crippen MR) is 50.2 cm³/mol. The van der Waals surface area contributed by atoms with Crippen molar-refractivity contribution >= 4 is 0 Å². The van der Waals surface area contributed by atoms with Gasteiger partial charge in [-0.15, -0.1) is 0 Å². The van der Waals surface area contributed by atoms with Gasteiger partial charge in [0.05, 0.1) is 0 Å². The average molecular weight is 178 g/mol. The van der Waals surface area contributed by atoms with Crippen LogP contribution in [0.25, 0.3) is 0 Å². The van der Waals surface area contributed by atoms with Gasteiger partial charge in [-0.05, 0) is 24.0 Å². The Kier molecular flexibility index (Phi) is 2.57. The molecule has 0 radical (unpaired) electrons. The van der Waals surface area contributed by atoms with Gasteiger partial charge in [0.25, 0.3) is 0 Å². The smallest absolute Gasteiger partial charge is 0.0472 e. The summed E-state index contributed by atoms with van der Waals surface area (Å²) in [6.07, 6.45) is 4.68. The lowest BCUT2D eigenvalue weighted by Gasteiger charge is -2.09. The van der Waals surface area contributed by atoms with Gasteiger partial charge in [-0.1, -0.05) is 6.07 Å². The molecule has 1 aromatic heterocycles. The van der Waals surface area contributed by atoms with E-state index in [0.717, 1.165) is 13.0 Å². The summed E-state index contributed by atoms with van der Waals surface area (Å²) in [5.41, 5.74) is 1.22. The Hall–Kier alpha value is -0.930. The molecule has 1 saturated heterocycles. The van der Waals surface area contributed by atoms with Crippen molar-refractivity contribution in [2.75, 3.05) is 13.2 Å². The van der Waals surface area contributed by atoms with Gasteiger partial charge in [0, 0.05) is 31.6 Å². The van der Waals surface area contributed by atoms with Crippen LogP contribution in [0, 0.1) is 5.92 Å². The van der Waals surface area contributed by atoms with Crippen LogP contribution in [-0.4, -0.2) is 23.2 Å². The molecule has 0 amide bonds. The molecule has 1 fully saturated rings. The third kappa shape index (κ3) is 1.87. The summed E-state index contributed by atoms with van der Waals surface area (Å²) in [6, 6.07) is 4.40. The molecule has 70 valence electrons. The van der Waals surface area contributed by atoms with E-state index in [9.17, 15) is 0 Å². The minimum absolute atomic E-state index is 0.282. The van der Waals surface area contributed by atoms with E-state index >= 15 is 0 Å². The summed E-state index contributed by atoms with van der Waals surface area (Å²) < 4.78 is 0. The molecule has 0 spiro atoms. The molecule has 0 saturated carbocycles. The average Bonchev–Trinajstić information content (AvgIpc) is 2.67. The van der Waals surface area contributed by atoms with Gasteiger partial charge in [-0.25, -0.2) is 0 Å². The van der Waals surface area contributed by atoms with E-state index in [1.165, 1.54) is 5.56 Å². The summed E-state index contributed by atoms with van der Waals surface area (Å²) in [6.45, 7) is 1.19. The SMILES string of the molecule is OCC1CNC(c2cccnc2)C1. The number of aliphatic hydroxyl groups is 1.